The van der Waals surface area contributed by atoms with Crippen molar-refractivity contribution in [3.63, 3.8) is 0 Å². The third-order valence-electron chi connectivity index (χ3n) is 0. The fourth-order valence-corrected chi connectivity index (χ4v) is 0. The Morgan fingerprint density at radius 1 is 0.0500 bits per heavy atom. The average molecular weight is 1050 g/mol. The van der Waals surface area contributed by atoms with E-state index in [1.807, 2.05) is 0 Å². The van der Waals surface area contributed by atoms with Gasteiger partial charge in [-0.15, -0.1) is 86.8 Å². The monoisotopic (exact) mass is 1040 g/mol. The summed E-state index contributed by atoms with van der Waals surface area (Å²) in [4.78, 5) is 0. The molecule has 0 heterocycles. The average Bonchev–Trinajstić information content (AvgIpc) is 0. The Bertz CT molecular complexity index is 26.8. The van der Waals surface area contributed by atoms with E-state index in [-0.39, 0.29) is 1060 Å². The van der Waals surface area contributed by atoms with Crippen LogP contribution in [0.25, 0.3) is 0 Å². The van der Waals surface area contributed by atoms with E-state index in [2.05, 4.69) is 0 Å². The van der Waals surface area contributed by atoms with Gasteiger partial charge >= 0.3 is 975 Å². The van der Waals surface area contributed by atoms with E-state index in [1.165, 1.54) is 0 Å². The summed E-state index contributed by atoms with van der Waals surface area (Å²) in [5.74, 6) is 0. The van der Waals surface area contributed by atoms with Gasteiger partial charge in [0.15, 0.2) is 0 Å². The van der Waals surface area contributed by atoms with E-state index < -0.39 is 0 Å². The molecule has 0 aliphatic heterocycles. The van der Waals surface area contributed by atoms with E-state index in [9.17, 15) is 0 Å². The molecule has 0 aromatic heterocycles. The number of halogens is 7. The van der Waals surface area contributed by atoms with Gasteiger partial charge in [0.05, 0.1) is 0 Å². The molecule has 40 heteroatoms. The second-order valence-corrected chi connectivity index (χ2v) is 0. The normalized spacial score (nSPS) is 0. The van der Waals surface area contributed by atoms with Gasteiger partial charge in [0, 0.05) is 0 Å². The maximum atomic E-state index is 0. The maximum absolute atomic E-state index is 0. The van der Waals surface area contributed by atoms with Gasteiger partial charge in [-0.25, -0.2) is 0 Å². The van der Waals surface area contributed by atoms with Crippen LogP contribution in [0.5, 0.6) is 0 Å². The predicted octanol–water partition coefficient (Wildman–Crippen LogP) is -18.4. The molecule has 0 unspecified atom stereocenters. The summed E-state index contributed by atoms with van der Waals surface area (Å²) in [5.41, 5.74) is 0. The van der Waals surface area contributed by atoms with Crippen LogP contribution in [0.3, 0.4) is 0 Å². The first-order valence-electron chi connectivity index (χ1n) is 0. The second-order valence-electron chi connectivity index (χ2n) is 0. The SMILES string of the molecule is Cl.Cl.Cl.Cl.Cl.Cl.Cl.[NaH].[NaH].[NaH].[NaH].[NaH].[NaH].[NaH].[NaH].[NaH].[NaH].[NaH].[NaH].[NaH].[NaH].[NaH].[NaH].[NaH].[NaH].[NaH].[NaH].[NaH].[NaH].[NaH].[NaH].[NaH].[NaH].[NaH].[NaH].[NaH].[NaH].[NaH].[NaH].[NaH]. The number of rotatable bonds is 0. The van der Waals surface area contributed by atoms with Gasteiger partial charge in [-0.2, -0.15) is 0 Å². The van der Waals surface area contributed by atoms with Crippen LogP contribution in [-0.2, 0) is 0 Å². The first kappa shape index (κ1) is 335. The van der Waals surface area contributed by atoms with Crippen molar-refractivity contribution < 1.29 is 0 Å². The van der Waals surface area contributed by atoms with Crippen molar-refractivity contribution in [2.24, 2.45) is 0 Å². The Hall–Kier alpha value is 35.0. The second kappa shape index (κ2) is 322. The minimum atomic E-state index is 0. The van der Waals surface area contributed by atoms with E-state index in [1.54, 1.807) is 0 Å². The number of hydrogen-bond acceptors (Lipinski definition) is 0. The fraction of sp³-hybridized carbons (Fsp3) is 0. The summed E-state index contributed by atoms with van der Waals surface area (Å²) < 4.78 is 0. The molecule has 0 amide bonds. The van der Waals surface area contributed by atoms with Crippen molar-refractivity contribution in [2.75, 3.05) is 0 Å². The van der Waals surface area contributed by atoms with Crippen molar-refractivity contribution in [2.45, 2.75) is 0 Å². The first-order valence-corrected chi connectivity index (χ1v) is 0. The van der Waals surface area contributed by atoms with Gasteiger partial charge in [0.25, 0.3) is 0 Å². The molecule has 0 saturated heterocycles. The summed E-state index contributed by atoms with van der Waals surface area (Å²) in [6.07, 6.45) is 0. The zero-order chi connectivity index (χ0) is 0. The van der Waals surface area contributed by atoms with Crippen molar-refractivity contribution in [1.82, 2.24) is 0 Å². The summed E-state index contributed by atoms with van der Waals surface area (Å²) in [6.45, 7) is 0. The Balaban J connectivity index is 0. The molecule has 0 bridgehead atoms. The van der Waals surface area contributed by atoms with Crippen molar-refractivity contribution in [1.29, 1.82) is 0 Å². The van der Waals surface area contributed by atoms with Crippen LogP contribution in [0.4, 0.5) is 0 Å². The minimum absolute atomic E-state index is 0. The molecule has 0 saturated carbocycles. The van der Waals surface area contributed by atoms with E-state index >= 15 is 0 Å². The molecule has 0 aliphatic carbocycles. The van der Waals surface area contributed by atoms with Crippen molar-refractivity contribution in [3.8, 4) is 0 Å². The molecule has 0 aliphatic rings. The molecule has 0 aromatic rings. The summed E-state index contributed by atoms with van der Waals surface area (Å²) in [6, 6.07) is 0. The van der Waals surface area contributed by atoms with Crippen LogP contribution in [0.1, 0.15) is 0 Å². The van der Waals surface area contributed by atoms with Crippen molar-refractivity contribution >= 4 is 1060 Å². The molecule has 0 radical (unpaired) electrons. The molecule has 0 aromatic carbocycles. The first-order chi connectivity index (χ1) is 0. The topological polar surface area (TPSA) is 0 Å². The van der Waals surface area contributed by atoms with Crippen LogP contribution in [0.15, 0.2) is 0 Å². The van der Waals surface area contributed by atoms with Crippen LogP contribution in [-0.4, -0.2) is 975 Å². The van der Waals surface area contributed by atoms with Crippen LogP contribution >= 0.6 is 86.8 Å². The van der Waals surface area contributed by atoms with E-state index in [0.717, 1.165) is 0 Å². The van der Waals surface area contributed by atoms with Gasteiger partial charge in [-0.05, 0) is 0 Å². The molecule has 0 N–H and O–H groups in total. The summed E-state index contributed by atoms with van der Waals surface area (Å²) in [5, 5.41) is 0. The zero-order valence-electron chi connectivity index (χ0n) is 2.86. The molecule has 0 fully saturated rings. The van der Waals surface area contributed by atoms with Crippen LogP contribution in [0.2, 0.25) is 0 Å². The molecule has 40 heavy (non-hydrogen) atoms. The summed E-state index contributed by atoms with van der Waals surface area (Å²) in [7, 11) is 0. The summed E-state index contributed by atoms with van der Waals surface area (Å²) >= 11 is 0. The molecule has 0 spiro atoms. The third kappa shape index (κ3) is 309. The molecular formula is H40Cl7Na33. The Labute approximate surface area is 1020 Å². The van der Waals surface area contributed by atoms with Gasteiger partial charge in [-0.1, -0.05) is 0 Å². The van der Waals surface area contributed by atoms with Gasteiger partial charge < -0.3 is 0 Å². The molecule has 0 nitrogen and oxygen atoms in total. The van der Waals surface area contributed by atoms with Crippen LogP contribution < -0.4 is 0 Å². The third-order valence-corrected chi connectivity index (χ3v) is 0. The molecular weight excluding hydrogens is 1010 g/mol. The van der Waals surface area contributed by atoms with Gasteiger partial charge in [0.2, 0.25) is 0 Å². The van der Waals surface area contributed by atoms with Gasteiger partial charge in [0.1, 0.15) is 0 Å². The van der Waals surface area contributed by atoms with Crippen molar-refractivity contribution in [3.05, 3.63) is 0 Å². The molecule has 0 atom stereocenters. The van der Waals surface area contributed by atoms with Gasteiger partial charge in [-0.3, -0.25) is 0 Å². The Morgan fingerprint density at radius 2 is 0.0500 bits per heavy atom. The van der Waals surface area contributed by atoms with E-state index in [0.29, 0.717) is 0 Å². The number of hydrogen-bond donors (Lipinski definition) is 0. The fourth-order valence-electron chi connectivity index (χ4n) is 0. The predicted molar refractivity (Wildman–Crippen MR) is 287 cm³/mol. The zero-order valence-corrected chi connectivity index (χ0v) is 8.57. The quantitative estimate of drug-likeness (QED) is 0.212. The molecule has 122 valence electrons. The Kier molecular flexibility index (Phi) is 2700. The van der Waals surface area contributed by atoms with E-state index in [4.69, 9.17) is 0 Å². The Morgan fingerprint density at radius 3 is 0.0500 bits per heavy atom. The molecule has 0 rings (SSSR count). The standard InChI is InChI=1S/7ClH.33Na.33H/h7*1H;;;;;;;;;;;;;;;;;;;;;;;;;;;;;;;;;;;;;;;;;;;;;;;;;;;;;;;;;;;;;;;;;;. The van der Waals surface area contributed by atoms with Crippen LogP contribution in [0, 0.1) is 0 Å².